The molecule has 0 amide bonds. The number of nitriles is 1. The predicted octanol–water partition coefficient (Wildman–Crippen LogP) is 15.2. The molecule has 0 radical (unpaired) electrons. The van der Waals surface area contributed by atoms with Crippen LogP contribution in [-0.4, -0.2) is 9.13 Å². The summed E-state index contributed by atoms with van der Waals surface area (Å²) in [6.07, 6.45) is -4.68. The van der Waals surface area contributed by atoms with Crippen LogP contribution in [0.2, 0.25) is 0 Å². The minimum Gasteiger partial charge on any atom is -0.319 e. The van der Waals surface area contributed by atoms with E-state index in [1.807, 2.05) is 106 Å². The summed E-state index contributed by atoms with van der Waals surface area (Å²) in [6.45, 7) is 18.1. The third-order valence-corrected chi connectivity index (χ3v) is 11.6. The molecule has 0 saturated carbocycles. The minimum absolute atomic E-state index is 0.00333. The van der Waals surface area contributed by atoms with Crippen molar-refractivity contribution < 1.29 is 13.2 Å². The molecule has 0 aliphatic carbocycles. The lowest BCUT2D eigenvalue weighted by Gasteiger charge is -2.23. The molecule has 2 aromatic heterocycles. The summed E-state index contributed by atoms with van der Waals surface area (Å²) in [5.41, 5.74) is 8.58. The molecule has 0 aliphatic rings. The Kier molecular flexibility index (Phi) is 8.58. The van der Waals surface area contributed by atoms with Gasteiger partial charge in [0.2, 0.25) is 5.69 Å². The van der Waals surface area contributed by atoms with E-state index in [9.17, 15) is 5.26 Å². The number of aryl methyl sites for hydroxylation is 1. The third kappa shape index (κ3) is 5.91. The van der Waals surface area contributed by atoms with Gasteiger partial charge in [0.25, 0.3) is 0 Å². The van der Waals surface area contributed by atoms with Gasteiger partial charge in [-0.1, -0.05) is 115 Å². The average molecular weight is 794 g/mol. The zero-order valence-corrected chi connectivity index (χ0v) is 32.5. The summed E-state index contributed by atoms with van der Waals surface area (Å²) < 4.78 is 49.4. The van der Waals surface area contributed by atoms with Gasteiger partial charge >= 0.3 is 6.18 Å². The number of para-hydroxylation sites is 2. The van der Waals surface area contributed by atoms with Crippen molar-refractivity contribution in [2.45, 2.75) is 13.1 Å². The molecular formula is C53H30F3N5. The van der Waals surface area contributed by atoms with Crippen molar-refractivity contribution in [1.82, 2.24) is 9.13 Å². The molecule has 0 bridgehead atoms. The molecule has 61 heavy (non-hydrogen) atoms. The van der Waals surface area contributed by atoms with Crippen molar-refractivity contribution in [1.29, 1.82) is 5.26 Å². The lowest BCUT2D eigenvalue weighted by atomic mass is 9.92. The molecule has 10 aromatic rings. The Hall–Kier alpha value is -8.38. The quantitative estimate of drug-likeness (QED) is 0.160. The number of halogens is 3. The van der Waals surface area contributed by atoms with Gasteiger partial charge in [-0.15, -0.1) is 0 Å². The molecule has 8 aromatic carbocycles. The molecule has 288 valence electrons. The van der Waals surface area contributed by atoms with E-state index >= 15 is 13.2 Å². The first kappa shape index (κ1) is 36.9. The van der Waals surface area contributed by atoms with E-state index in [1.165, 1.54) is 6.07 Å². The van der Waals surface area contributed by atoms with Gasteiger partial charge in [0, 0.05) is 21.5 Å². The van der Waals surface area contributed by atoms with Gasteiger partial charge in [0.15, 0.2) is 5.69 Å². The summed E-state index contributed by atoms with van der Waals surface area (Å²) in [4.78, 5) is 7.83. The Balaban J connectivity index is 1.35. The van der Waals surface area contributed by atoms with E-state index in [0.29, 0.717) is 33.7 Å². The van der Waals surface area contributed by atoms with E-state index in [1.54, 1.807) is 49.4 Å². The maximum absolute atomic E-state index is 15.1. The highest BCUT2D eigenvalue weighted by atomic mass is 19.4. The van der Waals surface area contributed by atoms with Crippen molar-refractivity contribution in [3.05, 3.63) is 203 Å². The van der Waals surface area contributed by atoms with Crippen LogP contribution in [0.5, 0.6) is 0 Å². The molecule has 0 N–H and O–H groups in total. The van der Waals surface area contributed by atoms with E-state index in [4.69, 9.17) is 13.1 Å². The van der Waals surface area contributed by atoms with E-state index in [-0.39, 0.29) is 16.8 Å². The molecule has 0 fully saturated rings. The van der Waals surface area contributed by atoms with Gasteiger partial charge in [-0.3, -0.25) is 0 Å². The minimum atomic E-state index is -4.68. The lowest BCUT2D eigenvalue weighted by molar-refractivity contribution is -0.137. The molecule has 0 atom stereocenters. The van der Waals surface area contributed by atoms with Crippen LogP contribution in [0, 0.1) is 31.4 Å². The van der Waals surface area contributed by atoms with Crippen molar-refractivity contribution in [2.24, 2.45) is 0 Å². The van der Waals surface area contributed by atoms with Gasteiger partial charge in [-0.05, 0) is 94.4 Å². The molecule has 0 aliphatic heterocycles. The second-order valence-electron chi connectivity index (χ2n) is 15.0. The van der Waals surface area contributed by atoms with Crippen LogP contribution in [-0.2, 0) is 6.18 Å². The second kappa shape index (κ2) is 14.2. The van der Waals surface area contributed by atoms with Gasteiger partial charge in [-0.25, -0.2) is 9.69 Å². The first-order valence-electron chi connectivity index (χ1n) is 19.5. The number of nitrogens with zero attached hydrogens (tertiary/aromatic N) is 5. The molecule has 0 unspecified atom stereocenters. The fourth-order valence-corrected chi connectivity index (χ4v) is 8.82. The van der Waals surface area contributed by atoms with Crippen LogP contribution in [0.4, 0.5) is 24.5 Å². The standard InChI is InChI=1S/C53H30F3N5/c1-32-9-8-12-44(53(54,55)56)50(32)43-27-28-47(60-45-13-6-4-10-39(45)41-25-21-36(29-48(41)60)34-17-15-33(31-57)16-18-34)51(59-3)52(43)61-46-14-7-5-11-40(46)42-26-22-37(30-49(42)61)35-19-23-38(58-2)24-20-35/h4-30H,1H3. The molecule has 8 heteroatoms. The highest BCUT2D eigenvalue weighted by Crippen LogP contribution is 2.49. The summed E-state index contributed by atoms with van der Waals surface area (Å²) in [5, 5.41) is 13.1. The fraction of sp³-hybridized carbons (Fsp3) is 0.0377. The number of rotatable bonds is 5. The fourth-order valence-electron chi connectivity index (χ4n) is 8.82. The van der Waals surface area contributed by atoms with Gasteiger partial charge in [0.1, 0.15) is 0 Å². The van der Waals surface area contributed by atoms with Crippen molar-refractivity contribution in [2.75, 3.05) is 0 Å². The highest BCUT2D eigenvalue weighted by molar-refractivity contribution is 6.13. The monoisotopic (exact) mass is 793 g/mol. The van der Waals surface area contributed by atoms with Crippen molar-refractivity contribution >= 4 is 55.0 Å². The highest BCUT2D eigenvalue weighted by Gasteiger charge is 2.36. The molecule has 0 spiro atoms. The normalized spacial score (nSPS) is 11.6. The van der Waals surface area contributed by atoms with Crippen LogP contribution in [0.25, 0.3) is 98.1 Å². The molecule has 2 heterocycles. The lowest BCUT2D eigenvalue weighted by Crippen LogP contribution is -2.10. The topological polar surface area (TPSA) is 42.4 Å². The number of benzene rings is 8. The Morgan fingerprint density at radius 2 is 1.08 bits per heavy atom. The summed E-state index contributed by atoms with van der Waals surface area (Å²) in [7, 11) is 0. The first-order chi connectivity index (χ1) is 29.7. The van der Waals surface area contributed by atoms with Crippen LogP contribution < -0.4 is 0 Å². The molecule has 5 nitrogen and oxygen atoms in total. The summed E-state index contributed by atoms with van der Waals surface area (Å²) >= 11 is 0. The number of aromatic nitrogens is 2. The van der Waals surface area contributed by atoms with Crippen LogP contribution in [0.15, 0.2) is 164 Å². The third-order valence-electron chi connectivity index (χ3n) is 11.6. The number of hydrogen-bond donors (Lipinski definition) is 0. The Morgan fingerprint density at radius 3 is 1.66 bits per heavy atom. The van der Waals surface area contributed by atoms with Crippen LogP contribution in [0.1, 0.15) is 16.7 Å². The SMILES string of the molecule is [C-]#[N+]c1ccc(-c2ccc3c4ccccc4n(-c4c(-c5c(C)cccc5C(F)(F)F)ccc(-n5c6ccccc6c6ccc(-c7ccc(C#N)cc7)cc65)c4[N+]#[C-])c3c2)cc1. The van der Waals surface area contributed by atoms with Crippen LogP contribution >= 0.6 is 0 Å². The van der Waals surface area contributed by atoms with Gasteiger partial charge in [-0.2, -0.15) is 18.4 Å². The van der Waals surface area contributed by atoms with Crippen LogP contribution in [0.3, 0.4) is 0 Å². The summed E-state index contributed by atoms with van der Waals surface area (Å²) in [5.74, 6) is 0. The van der Waals surface area contributed by atoms with Crippen molar-refractivity contribution in [3.63, 3.8) is 0 Å². The number of alkyl halides is 3. The Morgan fingerprint density at radius 1 is 0.541 bits per heavy atom. The maximum Gasteiger partial charge on any atom is 0.417 e. The molecule has 0 saturated heterocycles. The van der Waals surface area contributed by atoms with E-state index < -0.39 is 11.7 Å². The number of fused-ring (bicyclic) bond motifs is 6. The van der Waals surface area contributed by atoms with E-state index in [2.05, 4.69) is 27.9 Å². The van der Waals surface area contributed by atoms with E-state index in [0.717, 1.165) is 66.4 Å². The largest absolute Gasteiger partial charge is 0.417 e. The van der Waals surface area contributed by atoms with Crippen molar-refractivity contribution in [3.8, 4) is 50.8 Å². The Bertz CT molecular complexity index is 3550. The average Bonchev–Trinajstić information content (AvgIpc) is 3.80. The zero-order valence-electron chi connectivity index (χ0n) is 32.5. The maximum atomic E-state index is 15.1. The second-order valence-corrected chi connectivity index (χ2v) is 15.0. The smallest absolute Gasteiger partial charge is 0.319 e. The van der Waals surface area contributed by atoms with Gasteiger partial charge in [0.05, 0.1) is 63.8 Å². The zero-order chi connectivity index (χ0) is 42.0. The Labute approximate surface area is 348 Å². The summed E-state index contributed by atoms with van der Waals surface area (Å²) in [6, 6.07) is 52.4. The predicted molar refractivity (Wildman–Crippen MR) is 238 cm³/mol. The molecular weight excluding hydrogens is 764 g/mol. The first-order valence-corrected chi connectivity index (χ1v) is 19.5. The number of hydrogen-bond acceptors (Lipinski definition) is 1. The van der Waals surface area contributed by atoms with Gasteiger partial charge < -0.3 is 9.13 Å². The molecule has 10 rings (SSSR count).